The number of benzene rings is 1. The van der Waals surface area contributed by atoms with Crippen LogP contribution < -0.4 is 14.8 Å². The van der Waals surface area contributed by atoms with Gasteiger partial charge in [0, 0.05) is 25.1 Å². The summed E-state index contributed by atoms with van der Waals surface area (Å²) in [7, 11) is 0. The molecule has 1 aromatic rings. The van der Waals surface area contributed by atoms with Gasteiger partial charge in [-0.25, -0.2) is 0 Å². The predicted molar refractivity (Wildman–Crippen MR) is 64.2 cm³/mol. The maximum atomic E-state index is 11.1. The van der Waals surface area contributed by atoms with Gasteiger partial charge >= 0.3 is 11.9 Å². The van der Waals surface area contributed by atoms with Crippen LogP contribution in [0.1, 0.15) is 25.8 Å². The summed E-state index contributed by atoms with van der Waals surface area (Å²) in [6.07, 6.45) is 1.38. The Morgan fingerprint density at radius 2 is 1.94 bits per heavy atom. The lowest BCUT2D eigenvalue weighted by atomic mass is 10.0. The Kier molecular flexibility index (Phi) is 3.50. The van der Waals surface area contributed by atoms with Crippen molar-refractivity contribution in [2.45, 2.75) is 26.7 Å². The smallest absolute Gasteiger partial charge is 0.308 e. The number of nitrogens with one attached hydrogen (secondary N) is 1. The van der Waals surface area contributed by atoms with E-state index in [1.54, 1.807) is 12.1 Å². The van der Waals surface area contributed by atoms with E-state index in [4.69, 9.17) is 9.47 Å². The van der Waals surface area contributed by atoms with Gasteiger partial charge in [0.15, 0.2) is 11.5 Å². The number of rotatable bonds is 2. The van der Waals surface area contributed by atoms with Crippen molar-refractivity contribution in [1.29, 1.82) is 0 Å². The third-order valence-electron chi connectivity index (χ3n) is 2.45. The first-order chi connectivity index (χ1) is 8.58. The second kappa shape index (κ2) is 5.08. The van der Waals surface area contributed by atoms with Crippen LogP contribution >= 0.6 is 0 Å². The number of carbonyl (C=O) groups excluding carboxylic acids is 2. The number of esters is 2. The van der Waals surface area contributed by atoms with Crippen LogP contribution in [-0.2, 0) is 16.0 Å². The summed E-state index contributed by atoms with van der Waals surface area (Å²) in [6, 6.07) is 3.37. The van der Waals surface area contributed by atoms with Gasteiger partial charge in [-0.15, -0.1) is 0 Å². The van der Waals surface area contributed by atoms with Gasteiger partial charge in [-0.3, -0.25) is 9.59 Å². The fourth-order valence-electron chi connectivity index (χ4n) is 1.81. The van der Waals surface area contributed by atoms with Gasteiger partial charge < -0.3 is 14.8 Å². The van der Waals surface area contributed by atoms with E-state index in [0.717, 1.165) is 11.3 Å². The van der Waals surface area contributed by atoms with Crippen LogP contribution in [0.25, 0.3) is 0 Å². The maximum Gasteiger partial charge on any atom is 0.308 e. The van der Waals surface area contributed by atoms with Gasteiger partial charge in [0.25, 0.3) is 0 Å². The SMILES string of the molecule is CC(=O)Oc1ccc2c(c1OC(C)=O)CC[C]N2. The minimum Gasteiger partial charge on any atom is -0.423 e. The summed E-state index contributed by atoms with van der Waals surface area (Å²) in [6.45, 7) is 5.60. The van der Waals surface area contributed by atoms with Crippen LogP contribution in [0.3, 0.4) is 0 Å². The zero-order valence-electron chi connectivity index (χ0n) is 10.2. The summed E-state index contributed by atoms with van der Waals surface area (Å²) in [5.41, 5.74) is 1.64. The molecule has 94 valence electrons. The first kappa shape index (κ1) is 12.4. The average molecular weight is 247 g/mol. The molecule has 0 spiro atoms. The van der Waals surface area contributed by atoms with Crippen molar-refractivity contribution in [1.82, 2.24) is 0 Å². The molecular formula is C13H13NO4. The summed E-state index contributed by atoms with van der Waals surface area (Å²) in [5.74, 6) is -0.329. The lowest BCUT2D eigenvalue weighted by Crippen LogP contribution is -2.13. The maximum absolute atomic E-state index is 11.1. The van der Waals surface area contributed by atoms with E-state index in [-0.39, 0.29) is 5.75 Å². The van der Waals surface area contributed by atoms with Crippen molar-refractivity contribution in [2.75, 3.05) is 5.32 Å². The third kappa shape index (κ3) is 2.61. The lowest BCUT2D eigenvalue weighted by Gasteiger charge is -2.21. The number of hydrogen-bond acceptors (Lipinski definition) is 5. The van der Waals surface area contributed by atoms with Crippen LogP contribution in [-0.4, -0.2) is 11.9 Å². The van der Waals surface area contributed by atoms with Crippen molar-refractivity contribution >= 4 is 17.6 Å². The van der Waals surface area contributed by atoms with Crippen molar-refractivity contribution in [2.24, 2.45) is 0 Å². The predicted octanol–water partition coefficient (Wildman–Crippen LogP) is 1.93. The highest BCUT2D eigenvalue weighted by Gasteiger charge is 2.21. The topological polar surface area (TPSA) is 64.6 Å². The highest BCUT2D eigenvalue weighted by molar-refractivity contribution is 5.77. The molecule has 0 atom stereocenters. The highest BCUT2D eigenvalue weighted by Crippen LogP contribution is 2.39. The minimum atomic E-state index is -0.453. The summed E-state index contributed by atoms with van der Waals surface area (Å²) in [4.78, 5) is 22.2. The van der Waals surface area contributed by atoms with E-state index < -0.39 is 11.9 Å². The van der Waals surface area contributed by atoms with E-state index in [9.17, 15) is 9.59 Å². The van der Waals surface area contributed by atoms with Gasteiger partial charge in [-0.05, 0) is 25.0 Å². The van der Waals surface area contributed by atoms with Crippen LogP contribution in [0, 0.1) is 6.54 Å². The Morgan fingerprint density at radius 3 is 2.61 bits per heavy atom. The van der Waals surface area contributed by atoms with Crippen molar-refractivity contribution in [3.63, 3.8) is 0 Å². The molecule has 0 fully saturated rings. The summed E-state index contributed by atoms with van der Waals surface area (Å²) >= 11 is 0. The average Bonchev–Trinajstić information content (AvgIpc) is 2.31. The normalized spacial score (nSPS) is 13.2. The molecular weight excluding hydrogens is 234 g/mol. The van der Waals surface area contributed by atoms with E-state index in [0.29, 0.717) is 18.6 Å². The van der Waals surface area contributed by atoms with E-state index in [2.05, 4.69) is 11.9 Å². The Hall–Kier alpha value is -2.04. The number of carbonyl (C=O) groups is 2. The number of hydrogen-bond donors (Lipinski definition) is 1. The van der Waals surface area contributed by atoms with Crippen LogP contribution in [0.2, 0.25) is 0 Å². The molecule has 0 aromatic heterocycles. The molecule has 1 heterocycles. The monoisotopic (exact) mass is 247 g/mol. The molecule has 1 aliphatic heterocycles. The molecule has 1 N–H and O–H groups in total. The van der Waals surface area contributed by atoms with E-state index in [1.807, 2.05) is 0 Å². The van der Waals surface area contributed by atoms with E-state index >= 15 is 0 Å². The molecule has 0 saturated carbocycles. The van der Waals surface area contributed by atoms with Crippen molar-refractivity contribution < 1.29 is 19.1 Å². The molecule has 1 aliphatic rings. The second-order valence-corrected chi connectivity index (χ2v) is 3.91. The summed E-state index contributed by atoms with van der Waals surface area (Å²) in [5, 5.41) is 2.98. The number of anilines is 1. The Labute approximate surface area is 105 Å². The summed E-state index contributed by atoms with van der Waals surface area (Å²) < 4.78 is 10.2. The second-order valence-electron chi connectivity index (χ2n) is 3.91. The van der Waals surface area contributed by atoms with Gasteiger partial charge in [-0.1, -0.05) is 0 Å². The van der Waals surface area contributed by atoms with Gasteiger partial charge in [0.05, 0.1) is 6.54 Å². The first-order valence-electron chi connectivity index (χ1n) is 5.59. The van der Waals surface area contributed by atoms with Gasteiger partial charge in [0.1, 0.15) is 0 Å². The van der Waals surface area contributed by atoms with E-state index in [1.165, 1.54) is 13.8 Å². The Balaban J connectivity index is 2.45. The third-order valence-corrected chi connectivity index (χ3v) is 2.45. The fraction of sp³-hybridized carbons (Fsp3) is 0.308. The van der Waals surface area contributed by atoms with Gasteiger partial charge in [-0.2, -0.15) is 0 Å². The molecule has 0 aliphatic carbocycles. The quantitative estimate of drug-likeness (QED) is 0.639. The molecule has 0 amide bonds. The molecule has 0 bridgehead atoms. The zero-order valence-corrected chi connectivity index (χ0v) is 10.2. The van der Waals surface area contributed by atoms with Gasteiger partial charge in [0.2, 0.25) is 0 Å². The molecule has 1 aromatic carbocycles. The molecule has 0 saturated heterocycles. The van der Waals surface area contributed by atoms with Crippen LogP contribution in [0.15, 0.2) is 12.1 Å². The Bertz CT molecular complexity index is 496. The molecule has 5 heteroatoms. The molecule has 2 rings (SSSR count). The Morgan fingerprint density at radius 1 is 1.22 bits per heavy atom. The van der Waals surface area contributed by atoms with Crippen molar-refractivity contribution in [3.8, 4) is 11.5 Å². The lowest BCUT2D eigenvalue weighted by molar-refractivity contribution is -0.134. The molecule has 18 heavy (non-hydrogen) atoms. The largest absolute Gasteiger partial charge is 0.423 e. The molecule has 2 radical (unpaired) electrons. The number of ether oxygens (including phenoxy) is 2. The van der Waals surface area contributed by atoms with Crippen LogP contribution in [0.5, 0.6) is 11.5 Å². The molecule has 0 unspecified atom stereocenters. The van der Waals surface area contributed by atoms with Crippen LogP contribution in [0.4, 0.5) is 5.69 Å². The number of fused-ring (bicyclic) bond motifs is 1. The fourth-order valence-corrected chi connectivity index (χ4v) is 1.81. The first-order valence-corrected chi connectivity index (χ1v) is 5.59. The highest BCUT2D eigenvalue weighted by atomic mass is 16.6. The molecule has 5 nitrogen and oxygen atoms in total. The van der Waals surface area contributed by atoms with Crippen molar-refractivity contribution in [3.05, 3.63) is 24.2 Å². The zero-order chi connectivity index (χ0) is 13.1. The minimum absolute atomic E-state index is 0.264. The standard InChI is InChI=1S/C13H13NO4/c1-8(15)17-12-6-5-11-10(4-3-7-14-11)13(12)18-9(2)16/h5-6,14H,3-4H2,1-2H3.